The van der Waals surface area contributed by atoms with E-state index < -0.39 is 0 Å². The maximum Gasteiger partial charge on any atom is 0.241 e. The van der Waals surface area contributed by atoms with Crippen molar-refractivity contribution in [1.29, 1.82) is 0 Å². The van der Waals surface area contributed by atoms with Gasteiger partial charge in [-0.1, -0.05) is 40.2 Å². The number of anilines is 2. The van der Waals surface area contributed by atoms with Crippen LogP contribution in [0.3, 0.4) is 0 Å². The van der Waals surface area contributed by atoms with E-state index in [-0.39, 0.29) is 17.9 Å². The fourth-order valence-electron chi connectivity index (χ4n) is 2.77. The quantitative estimate of drug-likeness (QED) is 0.722. The second-order valence-corrected chi connectivity index (χ2v) is 6.28. The molecular formula is C18H31N3O. The molecule has 124 valence electrons. The Morgan fingerprint density at radius 3 is 2.50 bits per heavy atom. The van der Waals surface area contributed by atoms with E-state index in [9.17, 15) is 4.79 Å². The molecule has 0 aromatic heterocycles. The van der Waals surface area contributed by atoms with E-state index in [1.807, 2.05) is 25.2 Å². The normalized spacial score (nSPS) is 12.7. The smallest absolute Gasteiger partial charge is 0.241 e. The van der Waals surface area contributed by atoms with Crippen LogP contribution >= 0.6 is 0 Å². The van der Waals surface area contributed by atoms with Crippen molar-refractivity contribution in [1.82, 2.24) is 4.90 Å². The third kappa shape index (κ3) is 5.02. The monoisotopic (exact) mass is 305 g/mol. The number of nitrogen functional groups attached to an aromatic ring is 1. The molecule has 1 rings (SSSR count). The Balaban J connectivity index is 2.80. The van der Waals surface area contributed by atoms with Crippen molar-refractivity contribution >= 4 is 17.3 Å². The lowest BCUT2D eigenvalue weighted by Crippen LogP contribution is -2.45. The van der Waals surface area contributed by atoms with Gasteiger partial charge in [-0.2, -0.15) is 0 Å². The molecule has 4 nitrogen and oxygen atoms in total. The van der Waals surface area contributed by atoms with Crippen molar-refractivity contribution in [2.75, 3.05) is 24.6 Å². The molecule has 1 aromatic carbocycles. The first-order valence-corrected chi connectivity index (χ1v) is 8.30. The minimum atomic E-state index is -0.126. The molecule has 22 heavy (non-hydrogen) atoms. The van der Waals surface area contributed by atoms with Crippen molar-refractivity contribution < 1.29 is 4.79 Å². The first-order chi connectivity index (χ1) is 10.4. The average molecular weight is 305 g/mol. The number of rotatable bonds is 8. The molecule has 1 atom stereocenters. The van der Waals surface area contributed by atoms with Gasteiger partial charge in [0.25, 0.3) is 0 Å². The van der Waals surface area contributed by atoms with Gasteiger partial charge in [0.2, 0.25) is 5.91 Å². The van der Waals surface area contributed by atoms with Gasteiger partial charge < -0.3 is 11.1 Å². The molecule has 1 aromatic rings. The molecule has 0 saturated carbocycles. The fourth-order valence-corrected chi connectivity index (χ4v) is 2.77. The van der Waals surface area contributed by atoms with Gasteiger partial charge in [0.1, 0.15) is 0 Å². The van der Waals surface area contributed by atoms with Gasteiger partial charge in [0, 0.05) is 11.4 Å². The average Bonchev–Trinajstić information content (AvgIpc) is 2.45. The zero-order chi connectivity index (χ0) is 16.7. The summed E-state index contributed by atoms with van der Waals surface area (Å²) in [6, 6.07) is 5.63. The minimum Gasteiger partial charge on any atom is -0.398 e. The molecule has 1 amide bonds. The van der Waals surface area contributed by atoms with E-state index in [4.69, 9.17) is 5.73 Å². The summed E-state index contributed by atoms with van der Waals surface area (Å²) in [6.07, 6.45) is 3.13. The number of hydrogen-bond donors (Lipinski definition) is 2. The Labute approximate surface area is 135 Å². The zero-order valence-electron chi connectivity index (χ0n) is 14.6. The zero-order valence-corrected chi connectivity index (χ0v) is 14.6. The molecule has 0 saturated heterocycles. The number of nitrogens with two attached hydrogens (primary N) is 1. The third-order valence-electron chi connectivity index (χ3n) is 4.03. The molecule has 0 aliphatic carbocycles. The lowest BCUT2D eigenvalue weighted by atomic mass is 10.0. The van der Waals surface area contributed by atoms with Gasteiger partial charge >= 0.3 is 0 Å². The highest BCUT2D eigenvalue weighted by molar-refractivity contribution is 5.95. The largest absolute Gasteiger partial charge is 0.398 e. The number of aryl methyl sites for hydroxylation is 1. The lowest BCUT2D eigenvalue weighted by Gasteiger charge is -2.30. The highest BCUT2D eigenvalue weighted by atomic mass is 16.2. The number of hydrogen-bond acceptors (Lipinski definition) is 3. The molecular weight excluding hydrogens is 274 g/mol. The van der Waals surface area contributed by atoms with E-state index in [0.717, 1.165) is 42.7 Å². The van der Waals surface area contributed by atoms with Crippen LogP contribution in [0.1, 0.15) is 46.1 Å². The van der Waals surface area contributed by atoms with Crippen molar-refractivity contribution in [3.8, 4) is 0 Å². The summed E-state index contributed by atoms with van der Waals surface area (Å²) >= 11 is 0. The Morgan fingerprint density at radius 2 is 2.00 bits per heavy atom. The van der Waals surface area contributed by atoms with Gasteiger partial charge in [-0.25, -0.2) is 0 Å². The number of nitrogens with one attached hydrogen (secondary N) is 1. The Bertz CT molecular complexity index is 485. The number of carbonyl (C=O) groups excluding carboxylic acids is 1. The summed E-state index contributed by atoms with van der Waals surface area (Å²) in [5.74, 6) is 0.298. The van der Waals surface area contributed by atoms with E-state index in [1.165, 1.54) is 0 Å². The minimum absolute atomic E-state index is 0.0391. The molecule has 0 aliphatic rings. The predicted molar refractivity (Wildman–Crippen MR) is 95.0 cm³/mol. The Kier molecular flexibility index (Phi) is 7.39. The van der Waals surface area contributed by atoms with Gasteiger partial charge in [0.05, 0.1) is 6.04 Å². The van der Waals surface area contributed by atoms with Crippen molar-refractivity contribution in [2.24, 2.45) is 5.92 Å². The van der Waals surface area contributed by atoms with Crippen LogP contribution in [0.25, 0.3) is 0 Å². The first-order valence-electron chi connectivity index (χ1n) is 8.30. The summed E-state index contributed by atoms with van der Waals surface area (Å²) in [5, 5.41) is 3.01. The number of amides is 1. The lowest BCUT2D eigenvalue weighted by molar-refractivity contribution is -0.122. The molecule has 4 heteroatoms. The molecule has 3 N–H and O–H groups in total. The van der Waals surface area contributed by atoms with Crippen LogP contribution in [0.15, 0.2) is 18.2 Å². The summed E-state index contributed by atoms with van der Waals surface area (Å²) in [7, 11) is 2.02. The third-order valence-corrected chi connectivity index (χ3v) is 4.03. The SMILES string of the molecule is CCCCN(C)C(C(=O)Nc1ccc(CC)c(N)c1)C(C)C. The number of benzene rings is 1. The van der Waals surface area contributed by atoms with Crippen LogP contribution in [-0.4, -0.2) is 30.4 Å². The summed E-state index contributed by atoms with van der Waals surface area (Å²) in [5.41, 5.74) is 8.63. The second-order valence-electron chi connectivity index (χ2n) is 6.28. The van der Waals surface area contributed by atoms with E-state index in [0.29, 0.717) is 0 Å². The van der Waals surface area contributed by atoms with Crippen LogP contribution < -0.4 is 11.1 Å². The van der Waals surface area contributed by atoms with Crippen LogP contribution in [0, 0.1) is 5.92 Å². The topological polar surface area (TPSA) is 58.4 Å². The second kappa shape index (κ2) is 8.79. The summed E-state index contributed by atoms with van der Waals surface area (Å²) < 4.78 is 0. The van der Waals surface area contributed by atoms with Crippen LogP contribution in [0.4, 0.5) is 11.4 Å². The van der Waals surface area contributed by atoms with Crippen molar-refractivity contribution in [2.45, 2.75) is 53.0 Å². The van der Waals surface area contributed by atoms with Crippen molar-refractivity contribution in [3.05, 3.63) is 23.8 Å². The van der Waals surface area contributed by atoms with Gasteiger partial charge in [-0.15, -0.1) is 0 Å². The number of unbranched alkanes of at least 4 members (excludes halogenated alkanes) is 1. The van der Waals surface area contributed by atoms with Gasteiger partial charge in [-0.05, 0) is 50.0 Å². The fraction of sp³-hybridized carbons (Fsp3) is 0.611. The molecule has 0 spiro atoms. The highest BCUT2D eigenvalue weighted by Crippen LogP contribution is 2.20. The summed E-state index contributed by atoms with van der Waals surface area (Å²) in [4.78, 5) is 14.8. The van der Waals surface area contributed by atoms with Gasteiger partial charge in [0.15, 0.2) is 0 Å². The molecule has 0 fully saturated rings. The highest BCUT2D eigenvalue weighted by Gasteiger charge is 2.26. The maximum atomic E-state index is 12.6. The van der Waals surface area contributed by atoms with E-state index >= 15 is 0 Å². The molecule has 0 radical (unpaired) electrons. The Morgan fingerprint density at radius 1 is 1.32 bits per heavy atom. The Hall–Kier alpha value is -1.55. The summed E-state index contributed by atoms with van der Waals surface area (Å²) in [6.45, 7) is 9.34. The number of nitrogens with zero attached hydrogens (tertiary/aromatic N) is 1. The standard InChI is InChI=1S/C18H31N3O/c1-6-8-11-21(5)17(13(3)4)18(22)20-15-10-9-14(7-2)16(19)12-15/h9-10,12-13,17H,6-8,11,19H2,1-5H3,(H,20,22). The number of likely N-dealkylation sites (N-methyl/N-ethyl adjacent to an activating group) is 1. The molecule has 1 unspecified atom stereocenters. The molecule has 0 bridgehead atoms. The van der Waals surface area contributed by atoms with E-state index in [2.05, 4.69) is 37.9 Å². The van der Waals surface area contributed by atoms with Crippen LogP contribution in [0.2, 0.25) is 0 Å². The van der Waals surface area contributed by atoms with Gasteiger partial charge in [-0.3, -0.25) is 9.69 Å². The van der Waals surface area contributed by atoms with E-state index in [1.54, 1.807) is 0 Å². The molecule has 0 heterocycles. The number of carbonyl (C=O) groups is 1. The first kappa shape index (κ1) is 18.5. The molecule has 0 aliphatic heterocycles. The van der Waals surface area contributed by atoms with Crippen LogP contribution in [-0.2, 0) is 11.2 Å². The maximum absolute atomic E-state index is 12.6. The predicted octanol–water partition coefficient (Wildman–Crippen LogP) is 3.53. The van der Waals surface area contributed by atoms with Crippen LogP contribution in [0.5, 0.6) is 0 Å². The van der Waals surface area contributed by atoms with Crippen molar-refractivity contribution in [3.63, 3.8) is 0 Å².